The maximum Gasteiger partial charge on any atom is 0.125 e. The molecule has 124 valence electrons. The van der Waals surface area contributed by atoms with Crippen molar-refractivity contribution in [3.63, 3.8) is 0 Å². The van der Waals surface area contributed by atoms with Crippen LogP contribution in [0.4, 0.5) is 10.1 Å². The van der Waals surface area contributed by atoms with Crippen LogP contribution in [0.25, 0.3) is 16.6 Å². The first-order valence-electron chi connectivity index (χ1n) is 7.99. The second-order valence-electron chi connectivity index (χ2n) is 5.81. The first-order valence-corrected chi connectivity index (χ1v) is 7.99. The van der Waals surface area contributed by atoms with Gasteiger partial charge in [-0.2, -0.15) is 0 Å². The Morgan fingerprint density at radius 1 is 1.08 bits per heavy atom. The zero-order valence-corrected chi connectivity index (χ0v) is 13.6. The smallest absolute Gasteiger partial charge is 0.125 e. The summed E-state index contributed by atoms with van der Waals surface area (Å²) >= 11 is 0. The van der Waals surface area contributed by atoms with Gasteiger partial charge in [-0.05, 0) is 37.3 Å². The molecule has 0 spiro atoms. The molecular formula is C19H16FN5. The summed E-state index contributed by atoms with van der Waals surface area (Å²) in [6.07, 6.45) is 3.56. The molecule has 25 heavy (non-hydrogen) atoms. The van der Waals surface area contributed by atoms with Crippen molar-refractivity contribution in [2.45, 2.75) is 13.0 Å². The molecule has 4 rings (SSSR count). The molecule has 0 fully saturated rings. The van der Waals surface area contributed by atoms with Crippen LogP contribution in [0.3, 0.4) is 0 Å². The number of hydrogen-bond acceptors (Lipinski definition) is 4. The van der Waals surface area contributed by atoms with E-state index in [1.807, 2.05) is 49.5 Å². The summed E-state index contributed by atoms with van der Waals surface area (Å²) in [5.41, 5.74) is 3.27. The number of benzene rings is 2. The number of aromatic nitrogens is 4. The van der Waals surface area contributed by atoms with Gasteiger partial charge in [0.05, 0.1) is 23.4 Å². The molecule has 0 radical (unpaired) electrons. The molecule has 2 aromatic carbocycles. The van der Waals surface area contributed by atoms with E-state index in [1.165, 1.54) is 12.1 Å². The third kappa shape index (κ3) is 3.06. The topological polar surface area (TPSA) is 55.6 Å². The lowest BCUT2D eigenvalue weighted by Gasteiger charge is -2.14. The van der Waals surface area contributed by atoms with E-state index in [4.69, 9.17) is 0 Å². The van der Waals surface area contributed by atoms with Crippen molar-refractivity contribution in [2.75, 3.05) is 5.32 Å². The molecule has 0 saturated heterocycles. The van der Waals surface area contributed by atoms with Crippen molar-refractivity contribution in [3.8, 4) is 5.69 Å². The Hall–Kier alpha value is -3.28. The molecule has 2 heterocycles. The van der Waals surface area contributed by atoms with E-state index >= 15 is 0 Å². The third-order valence-corrected chi connectivity index (χ3v) is 4.05. The average molecular weight is 333 g/mol. The van der Waals surface area contributed by atoms with E-state index in [1.54, 1.807) is 16.9 Å². The standard InChI is InChI=1S/C19H16FN5/c1-13(19-12-25(24-23-19)15-5-3-2-4-6-15)22-17-9-10-21-18-11-14(20)7-8-16(17)18/h2-13H,1H3,(H,21,22). The van der Waals surface area contributed by atoms with Gasteiger partial charge in [0.2, 0.25) is 0 Å². The van der Waals surface area contributed by atoms with Crippen LogP contribution in [0.1, 0.15) is 18.7 Å². The lowest BCUT2D eigenvalue weighted by Crippen LogP contribution is -2.07. The number of halogens is 1. The molecule has 0 saturated carbocycles. The molecule has 0 aliphatic rings. The molecule has 2 aromatic heterocycles. The quantitative estimate of drug-likeness (QED) is 0.610. The summed E-state index contributed by atoms with van der Waals surface area (Å²) in [4.78, 5) is 4.21. The highest BCUT2D eigenvalue weighted by atomic mass is 19.1. The molecule has 1 N–H and O–H groups in total. The van der Waals surface area contributed by atoms with Crippen LogP contribution in [0.2, 0.25) is 0 Å². The first kappa shape index (κ1) is 15.3. The average Bonchev–Trinajstić information content (AvgIpc) is 3.13. The Bertz CT molecular complexity index is 1010. The monoisotopic (exact) mass is 333 g/mol. The van der Waals surface area contributed by atoms with E-state index in [-0.39, 0.29) is 11.9 Å². The number of anilines is 1. The summed E-state index contributed by atoms with van der Waals surface area (Å²) in [6, 6.07) is 16.2. The Morgan fingerprint density at radius 2 is 1.92 bits per heavy atom. The highest BCUT2D eigenvalue weighted by Crippen LogP contribution is 2.26. The maximum atomic E-state index is 13.4. The summed E-state index contributed by atoms with van der Waals surface area (Å²) in [5.74, 6) is -0.295. The number of nitrogens with zero attached hydrogens (tertiary/aromatic N) is 4. The van der Waals surface area contributed by atoms with Crippen molar-refractivity contribution >= 4 is 16.6 Å². The molecule has 1 unspecified atom stereocenters. The van der Waals surface area contributed by atoms with E-state index in [9.17, 15) is 4.39 Å². The fourth-order valence-electron chi connectivity index (χ4n) is 2.74. The van der Waals surface area contributed by atoms with Gasteiger partial charge >= 0.3 is 0 Å². The SMILES string of the molecule is CC(Nc1ccnc2cc(F)ccc12)c1cn(-c2ccccc2)nn1. The Morgan fingerprint density at radius 3 is 2.76 bits per heavy atom. The Labute approximate surface area is 144 Å². The van der Waals surface area contributed by atoms with Crippen molar-refractivity contribution < 1.29 is 4.39 Å². The van der Waals surface area contributed by atoms with Crippen molar-refractivity contribution in [2.24, 2.45) is 0 Å². The van der Waals surface area contributed by atoms with Crippen LogP contribution in [-0.2, 0) is 0 Å². The first-order chi connectivity index (χ1) is 12.2. The van der Waals surface area contributed by atoms with E-state index in [0.717, 1.165) is 22.5 Å². The summed E-state index contributed by atoms with van der Waals surface area (Å²) in [7, 11) is 0. The minimum Gasteiger partial charge on any atom is -0.376 e. The fraction of sp³-hybridized carbons (Fsp3) is 0.105. The molecule has 4 aromatic rings. The predicted molar refractivity (Wildman–Crippen MR) is 95.1 cm³/mol. The molecule has 0 bridgehead atoms. The number of fused-ring (bicyclic) bond motifs is 1. The number of nitrogens with one attached hydrogen (secondary N) is 1. The highest BCUT2D eigenvalue weighted by molar-refractivity contribution is 5.91. The summed E-state index contributed by atoms with van der Waals surface area (Å²) in [5, 5.41) is 12.7. The molecular weight excluding hydrogens is 317 g/mol. The van der Waals surface area contributed by atoms with Crippen LogP contribution >= 0.6 is 0 Å². The summed E-state index contributed by atoms with van der Waals surface area (Å²) in [6.45, 7) is 2.01. The maximum absolute atomic E-state index is 13.4. The molecule has 6 heteroatoms. The minimum absolute atomic E-state index is 0.0619. The van der Waals surface area contributed by atoms with Gasteiger partial charge in [-0.25, -0.2) is 9.07 Å². The Kier molecular flexibility index (Phi) is 3.85. The summed E-state index contributed by atoms with van der Waals surface area (Å²) < 4.78 is 15.1. The largest absolute Gasteiger partial charge is 0.376 e. The lowest BCUT2D eigenvalue weighted by molar-refractivity contribution is 0.629. The van der Waals surface area contributed by atoms with Crippen molar-refractivity contribution in [1.82, 2.24) is 20.0 Å². The van der Waals surface area contributed by atoms with Crippen LogP contribution in [0, 0.1) is 5.82 Å². The van der Waals surface area contributed by atoms with Crippen molar-refractivity contribution in [1.29, 1.82) is 0 Å². The predicted octanol–water partition coefficient (Wildman–Crippen LogP) is 4.13. The minimum atomic E-state index is -0.295. The van der Waals surface area contributed by atoms with Gasteiger partial charge in [-0.3, -0.25) is 4.98 Å². The van der Waals surface area contributed by atoms with Crippen molar-refractivity contribution in [3.05, 3.63) is 78.5 Å². The van der Waals surface area contributed by atoms with Gasteiger partial charge in [0.15, 0.2) is 0 Å². The molecule has 5 nitrogen and oxygen atoms in total. The van der Waals surface area contributed by atoms with Crippen LogP contribution in [-0.4, -0.2) is 20.0 Å². The number of rotatable bonds is 4. The normalized spacial score (nSPS) is 12.2. The van der Waals surface area contributed by atoms with Gasteiger partial charge in [-0.15, -0.1) is 5.10 Å². The zero-order chi connectivity index (χ0) is 17.2. The highest BCUT2D eigenvalue weighted by Gasteiger charge is 2.12. The van der Waals surface area contributed by atoms with E-state index in [0.29, 0.717) is 5.52 Å². The van der Waals surface area contributed by atoms with Gasteiger partial charge < -0.3 is 5.32 Å². The van der Waals surface area contributed by atoms with E-state index < -0.39 is 0 Å². The van der Waals surface area contributed by atoms with Gasteiger partial charge in [0, 0.05) is 23.3 Å². The van der Waals surface area contributed by atoms with Crippen LogP contribution in [0.15, 0.2) is 67.0 Å². The second-order valence-corrected chi connectivity index (χ2v) is 5.81. The molecule has 0 aliphatic heterocycles. The molecule has 0 amide bonds. The molecule has 1 atom stereocenters. The lowest BCUT2D eigenvalue weighted by atomic mass is 10.1. The van der Waals surface area contributed by atoms with Crippen LogP contribution < -0.4 is 5.32 Å². The molecule has 0 aliphatic carbocycles. The Balaban J connectivity index is 1.61. The van der Waals surface area contributed by atoms with E-state index in [2.05, 4.69) is 20.6 Å². The van der Waals surface area contributed by atoms with Gasteiger partial charge in [0.25, 0.3) is 0 Å². The zero-order valence-electron chi connectivity index (χ0n) is 13.6. The number of hydrogen-bond donors (Lipinski definition) is 1. The number of para-hydroxylation sites is 1. The second kappa shape index (κ2) is 6.32. The van der Waals surface area contributed by atoms with Gasteiger partial charge in [0.1, 0.15) is 11.5 Å². The third-order valence-electron chi connectivity index (χ3n) is 4.05. The van der Waals surface area contributed by atoms with Gasteiger partial charge in [-0.1, -0.05) is 23.4 Å². The fourth-order valence-corrected chi connectivity index (χ4v) is 2.74. The van der Waals surface area contributed by atoms with Crippen LogP contribution in [0.5, 0.6) is 0 Å². The number of pyridine rings is 1.